The van der Waals surface area contributed by atoms with E-state index in [0.717, 1.165) is 23.5 Å². The summed E-state index contributed by atoms with van der Waals surface area (Å²) in [6.07, 6.45) is 1.26. The minimum atomic E-state index is -0.183. The van der Waals surface area contributed by atoms with Crippen LogP contribution in [0.15, 0.2) is 36.4 Å². The minimum Gasteiger partial charge on any atom is -0.485 e. The fraction of sp³-hybridized carbons (Fsp3) is 0.250. The van der Waals surface area contributed by atoms with Crippen molar-refractivity contribution >= 4 is 0 Å². The van der Waals surface area contributed by atoms with E-state index < -0.39 is 0 Å². The Morgan fingerprint density at radius 1 is 1.05 bits per heavy atom. The van der Waals surface area contributed by atoms with Crippen molar-refractivity contribution in [1.82, 2.24) is 0 Å². The molecule has 102 valence electrons. The molecule has 2 heterocycles. The summed E-state index contributed by atoms with van der Waals surface area (Å²) in [5, 5.41) is 0. The van der Waals surface area contributed by atoms with Crippen LogP contribution < -0.4 is 14.2 Å². The number of benzene rings is 2. The summed E-state index contributed by atoms with van der Waals surface area (Å²) in [4.78, 5) is 0. The highest BCUT2D eigenvalue weighted by Crippen LogP contribution is 2.47. The van der Waals surface area contributed by atoms with Gasteiger partial charge in [-0.05, 0) is 17.7 Å². The van der Waals surface area contributed by atoms with Crippen LogP contribution in [0.2, 0.25) is 0 Å². The van der Waals surface area contributed by atoms with Gasteiger partial charge in [-0.15, -0.1) is 0 Å². The highest BCUT2D eigenvalue weighted by atomic mass is 19.1. The molecule has 1 atom stereocenters. The van der Waals surface area contributed by atoms with Crippen molar-refractivity contribution in [2.45, 2.75) is 18.9 Å². The van der Waals surface area contributed by atoms with Crippen LogP contribution in [0, 0.1) is 5.82 Å². The molecule has 2 aliphatic rings. The molecule has 4 rings (SSSR count). The zero-order valence-electron chi connectivity index (χ0n) is 10.8. The maximum atomic E-state index is 13.7. The molecular formula is C16H13FO3. The molecule has 0 saturated carbocycles. The van der Waals surface area contributed by atoms with Gasteiger partial charge in [0.25, 0.3) is 0 Å². The van der Waals surface area contributed by atoms with Crippen molar-refractivity contribution in [3.63, 3.8) is 0 Å². The van der Waals surface area contributed by atoms with E-state index in [1.807, 2.05) is 18.2 Å². The molecule has 1 unspecified atom stereocenters. The van der Waals surface area contributed by atoms with Crippen LogP contribution in [0.25, 0.3) is 0 Å². The highest BCUT2D eigenvalue weighted by Gasteiger charge is 2.31. The summed E-state index contributed by atoms with van der Waals surface area (Å²) in [7, 11) is 0. The van der Waals surface area contributed by atoms with Crippen LogP contribution >= 0.6 is 0 Å². The number of hydrogen-bond acceptors (Lipinski definition) is 3. The lowest BCUT2D eigenvalue weighted by Gasteiger charge is -2.11. The zero-order valence-corrected chi connectivity index (χ0v) is 10.8. The predicted octanol–water partition coefficient (Wildman–Crippen LogP) is 3.10. The van der Waals surface area contributed by atoms with Crippen molar-refractivity contribution in [3.05, 3.63) is 53.3 Å². The molecule has 2 aromatic carbocycles. The SMILES string of the molecule is Fc1ccccc1CC1Cc2ccc3c(c2O1)OCO3. The molecule has 3 nitrogen and oxygen atoms in total. The highest BCUT2D eigenvalue weighted by molar-refractivity contribution is 5.58. The molecule has 4 heteroatoms. The molecule has 0 saturated heterocycles. The van der Waals surface area contributed by atoms with E-state index >= 15 is 0 Å². The van der Waals surface area contributed by atoms with Crippen LogP contribution in [0.1, 0.15) is 11.1 Å². The third kappa shape index (κ3) is 1.80. The Morgan fingerprint density at radius 2 is 1.95 bits per heavy atom. The zero-order chi connectivity index (χ0) is 13.5. The summed E-state index contributed by atoms with van der Waals surface area (Å²) in [5.74, 6) is 1.96. The molecular weight excluding hydrogens is 259 g/mol. The number of hydrogen-bond donors (Lipinski definition) is 0. The second kappa shape index (κ2) is 4.40. The van der Waals surface area contributed by atoms with E-state index in [1.165, 1.54) is 6.07 Å². The number of rotatable bonds is 2. The third-order valence-electron chi connectivity index (χ3n) is 3.71. The van der Waals surface area contributed by atoms with Gasteiger partial charge >= 0.3 is 0 Å². The van der Waals surface area contributed by atoms with Crippen LogP contribution in [0.4, 0.5) is 4.39 Å². The average Bonchev–Trinajstić information content (AvgIpc) is 3.06. The van der Waals surface area contributed by atoms with Gasteiger partial charge in [-0.1, -0.05) is 24.3 Å². The maximum absolute atomic E-state index is 13.7. The lowest BCUT2D eigenvalue weighted by molar-refractivity contribution is 0.166. The fourth-order valence-electron chi connectivity index (χ4n) is 2.75. The minimum absolute atomic E-state index is 0.0578. The smallest absolute Gasteiger partial charge is 0.231 e. The molecule has 20 heavy (non-hydrogen) atoms. The maximum Gasteiger partial charge on any atom is 0.231 e. The number of halogens is 1. The van der Waals surface area contributed by atoms with Gasteiger partial charge in [0.2, 0.25) is 12.5 Å². The monoisotopic (exact) mass is 272 g/mol. The van der Waals surface area contributed by atoms with E-state index in [2.05, 4.69) is 0 Å². The van der Waals surface area contributed by atoms with Crippen molar-refractivity contribution in [2.75, 3.05) is 6.79 Å². The Bertz CT molecular complexity index is 669. The molecule has 0 spiro atoms. The lowest BCUT2D eigenvalue weighted by atomic mass is 10.0. The Kier molecular flexibility index (Phi) is 2.55. The largest absolute Gasteiger partial charge is 0.485 e. The molecule has 2 aromatic rings. The van der Waals surface area contributed by atoms with Gasteiger partial charge in [0.05, 0.1) is 0 Å². The molecule has 0 aromatic heterocycles. The first-order valence-electron chi connectivity index (χ1n) is 6.63. The molecule has 2 aliphatic heterocycles. The lowest BCUT2D eigenvalue weighted by Crippen LogP contribution is -2.17. The quantitative estimate of drug-likeness (QED) is 0.840. The van der Waals surface area contributed by atoms with E-state index in [0.29, 0.717) is 17.7 Å². The molecule has 0 amide bonds. The molecule has 0 N–H and O–H groups in total. The first kappa shape index (κ1) is 11.6. The Labute approximate surface area is 115 Å². The van der Waals surface area contributed by atoms with Crippen LogP contribution in [0.3, 0.4) is 0 Å². The van der Waals surface area contributed by atoms with Crippen LogP contribution in [-0.4, -0.2) is 12.9 Å². The van der Waals surface area contributed by atoms with Crippen LogP contribution in [-0.2, 0) is 12.8 Å². The first-order chi connectivity index (χ1) is 9.81. The predicted molar refractivity (Wildman–Crippen MR) is 70.8 cm³/mol. The van der Waals surface area contributed by atoms with E-state index in [1.54, 1.807) is 12.1 Å². The van der Waals surface area contributed by atoms with Gasteiger partial charge in [0, 0.05) is 18.4 Å². The van der Waals surface area contributed by atoms with Crippen molar-refractivity contribution < 1.29 is 18.6 Å². The van der Waals surface area contributed by atoms with Gasteiger partial charge < -0.3 is 14.2 Å². The molecule has 0 bridgehead atoms. The topological polar surface area (TPSA) is 27.7 Å². The molecule has 0 radical (unpaired) electrons. The molecule has 0 fully saturated rings. The Balaban J connectivity index is 1.59. The standard InChI is InChI=1S/C16H13FO3/c17-13-4-2-1-3-10(13)7-12-8-11-5-6-14-16(15(11)20-12)19-9-18-14/h1-6,12H,7-9H2. The van der Waals surface area contributed by atoms with E-state index in [-0.39, 0.29) is 18.7 Å². The second-order valence-corrected chi connectivity index (χ2v) is 5.03. The van der Waals surface area contributed by atoms with Gasteiger partial charge in [-0.25, -0.2) is 4.39 Å². The van der Waals surface area contributed by atoms with Gasteiger partial charge in [0.15, 0.2) is 11.5 Å². The van der Waals surface area contributed by atoms with E-state index in [4.69, 9.17) is 14.2 Å². The van der Waals surface area contributed by atoms with Gasteiger partial charge in [-0.3, -0.25) is 0 Å². The Hall–Kier alpha value is -2.23. The summed E-state index contributed by atoms with van der Waals surface area (Å²) in [6, 6.07) is 10.7. The van der Waals surface area contributed by atoms with Gasteiger partial charge in [0.1, 0.15) is 11.9 Å². The second-order valence-electron chi connectivity index (χ2n) is 5.03. The fourth-order valence-corrected chi connectivity index (χ4v) is 2.75. The van der Waals surface area contributed by atoms with Crippen molar-refractivity contribution in [2.24, 2.45) is 0 Å². The normalized spacial score (nSPS) is 18.8. The van der Waals surface area contributed by atoms with Crippen molar-refractivity contribution in [3.8, 4) is 17.2 Å². The summed E-state index contributed by atoms with van der Waals surface area (Å²) < 4.78 is 30.4. The Morgan fingerprint density at radius 3 is 2.85 bits per heavy atom. The van der Waals surface area contributed by atoms with Crippen molar-refractivity contribution in [1.29, 1.82) is 0 Å². The summed E-state index contributed by atoms with van der Waals surface area (Å²) >= 11 is 0. The number of fused-ring (bicyclic) bond motifs is 3. The third-order valence-corrected chi connectivity index (χ3v) is 3.71. The summed E-state index contributed by atoms with van der Waals surface area (Å²) in [6.45, 7) is 0.229. The average molecular weight is 272 g/mol. The number of ether oxygens (including phenoxy) is 3. The van der Waals surface area contributed by atoms with Crippen LogP contribution in [0.5, 0.6) is 17.2 Å². The van der Waals surface area contributed by atoms with Gasteiger partial charge in [-0.2, -0.15) is 0 Å². The summed E-state index contributed by atoms with van der Waals surface area (Å²) in [5.41, 5.74) is 1.77. The first-order valence-corrected chi connectivity index (χ1v) is 6.63. The molecule has 0 aliphatic carbocycles. The van der Waals surface area contributed by atoms with E-state index in [9.17, 15) is 4.39 Å².